The second-order valence-corrected chi connectivity index (χ2v) is 6.36. The highest BCUT2D eigenvalue weighted by Gasteiger charge is 2.26. The number of fused-ring (bicyclic) bond motifs is 1. The Morgan fingerprint density at radius 1 is 1.23 bits per heavy atom. The molecule has 7 heteroatoms. The van der Waals surface area contributed by atoms with Gasteiger partial charge in [0.2, 0.25) is 5.91 Å². The first kappa shape index (κ1) is 16.2. The number of nitrogens with two attached hydrogens (primary N) is 1. The second kappa shape index (κ2) is 6.74. The monoisotopic (exact) mass is 318 g/mol. The summed E-state index contributed by atoms with van der Waals surface area (Å²) in [6, 6.07) is 6.78. The number of aromatic nitrogens is 2. The van der Waals surface area contributed by atoms with E-state index in [0.717, 1.165) is 15.9 Å². The van der Waals surface area contributed by atoms with Crippen LogP contribution in [0.15, 0.2) is 29.3 Å². The molecule has 0 unspecified atom stereocenters. The molecule has 2 aromatic rings. The minimum atomic E-state index is -0.847. The van der Waals surface area contributed by atoms with Gasteiger partial charge in [-0.2, -0.15) is 0 Å². The van der Waals surface area contributed by atoms with Gasteiger partial charge >= 0.3 is 6.03 Å². The van der Waals surface area contributed by atoms with Crippen molar-refractivity contribution in [2.45, 2.75) is 31.0 Å². The standard InChI is InChI=1S/C15H18N4O2S/c1-8(2)12(13(20)19-15(16)21)22-14-10-6-4-5-7-11(10)17-9(3)18-14/h4-8,12H,1-3H3,(H3,16,19,20,21)/t12-/m1/s1. The van der Waals surface area contributed by atoms with Crippen molar-refractivity contribution in [1.29, 1.82) is 0 Å². The van der Waals surface area contributed by atoms with E-state index in [-0.39, 0.29) is 5.92 Å². The zero-order valence-electron chi connectivity index (χ0n) is 12.7. The normalized spacial score (nSPS) is 12.4. The van der Waals surface area contributed by atoms with Gasteiger partial charge in [-0.1, -0.05) is 43.8 Å². The summed E-state index contributed by atoms with van der Waals surface area (Å²) < 4.78 is 0. The van der Waals surface area contributed by atoms with Crippen LogP contribution in [0.4, 0.5) is 4.79 Å². The number of carbonyl (C=O) groups excluding carboxylic acids is 2. The van der Waals surface area contributed by atoms with Gasteiger partial charge in [-0.15, -0.1) is 0 Å². The second-order valence-electron chi connectivity index (χ2n) is 5.23. The molecule has 6 nitrogen and oxygen atoms in total. The highest BCUT2D eigenvalue weighted by atomic mass is 32.2. The first-order valence-electron chi connectivity index (χ1n) is 6.89. The number of benzene rings is 1. The molecular formula is C15H18N4O2S. The number of hydrogen-bond acceptors (Lipinski definition) is 5. The summed E-state index contributed by atoms with van der Waals surface area (Å²) in [5, 5.41) is 3.28. The lowest BCUT2D eigenvalue weighted by Gasteiger charge is -2.19. The van der Waals surface area contributed by atoms with Gasteiger partial charge in [-0.3, -0.25) is 10.1 Å². The van der Waals surface area contributed by atoms with E-state index < -0.39 is 17.2 Å². The molecule has 3 N–H and O–H groups in total. The number of primary amides is 1. The third kappa shape index (κ3) is 3.73. The molecule has 0 radical (unpaired) electrons. The number of aryl methyl sites for hydroxylation is 1. The minimum absolute atomic E-state index is 0.0124. The molecule has 116 valence electrons. The van der Waals surface area contributed by atoms with Crippen LogP contribution >= 0.6 is 11.8 Å². The van der Waals surface area contributed by atoms with E-state index in [1.54, 1.807) is 0 Å². The van der Waals surface area contributed by atoms with E-state index in [1.807, 2.05) is 45.0 Å². The largest absolute Gasteiger partial charge is 0.351 e. The number of nitrogens with one attached hydrogen (secondary N) is 1. The van der Waals surface area contributed by atoms with E-state index in [9.17, 15) is 9.59 Å². The van der Waals surface area contributed by atoms with Crippen molar-refractivity contribution in [2.75, 3.05) is 0 Å². The van der Waals surface area contributed by atoms with Crippen molar-refractivity contribution >= 4 is 34.6 Å². The predicted octanol–water partition coefficient (Wildman–Crippen LogP) is 2.25. The topological polar surface area (TPSA) is 98.0 Å². The molecule has 0 saturated heterocycles. The van der Waals surface area contributed by atoms with Gasteiger partial charge in [-0.25, -0.2) is 14.8 Å². The van der Waals surface area contributed by atoms with E-state index in [4.69, 9.17) is 5.73 Å². The zero-order valence-corrected chi connectivity index (χ0v) is 13.5. The zero-order chi connectivity index (χ0) is 16.3. The lowest BCUT2D eigenvalue weighted by atomic mass is 10.1. The van der Waals surface area contributed by atoms with E-state index in [1.165, 1.54) is 11.8 Å². The molecule has 1 heterocycles. The number of hydrogen-bond donors (Lipinski definition) is 2. The number of urea groups is 1. The van der Waals surface area contributed by atoms with Crippen LogP contribution in [0.25, 0.3) is 10.9 Å². The molecule has 2 rings (SSSR count). The molecule has 0 saturated carbocycles. The number of carbonyl (C=O) groups is 2. The fourth-order valence-electron chi connectivity index (χ4n) is 2.05. The number of nitrogens with zero attached hydrogens (tertiary/aromatic N) is 2. The highest BCUT2D eigenvalue weighted by molar-refractivity contribution is 8.00. The third-order valence-corrected chi connectivity index (χ3v) is 4.58. The molecule has 0 aliphatic carbocycles. The van der Waals surface area contributed by atoms with Gasteiger partial charge in [0.05, 0.1) is 10.8 Å². The van der Waals surface area contributed by atoms with E-state index in [0.29, 0.717) is 5.82 Å². The molecule has 1 aromatic heterocycles. The number of para-hydroxylation sites is 1. The van der Waals surface area contributed by atoms with Gasteiger partial charge in [0.1, 0.15) is 10.9 Å². The van der Waals surface area contributed by atoms with Crippen LogP contribution in [0.5, 0.6) is 0 Å². The average molecular weight is 318 g/mol. The molecule has 22 heavy (non-hydrogen) atoms. The highest BCUT2D eigenvalue weighted by Crippen LogP contribution is 2.31. The third-order valence-electron chi connectivity index (χ3n) is 3.03. The van der Waals surface area contributed by atoms with Crippen LogP contribution < -0.4 is 11.1 Å². The maximum Gasteiger partial charge on any atom is 0.318 e. The molecule has 3 amide bonds. The van der Waals surface area contributed by atoms with Gasteiger partial charge in [0, 0.05) is 5.39 Å². The summed E-state index contributed by atoms with van der Waals surface area (Å²) in [6.07, 6.45) is 0. The molecule has 0 aliphatic rings. The summed E-state index contributed by atoms with van der Waals surface area (Å²) in [5.74, 6) is 0.241. The maximum atomic E-state index is 12.1. The lowest BCUT2D eigenvalue weighted by molar-refractivity contribution is -0.120. The first-order chi connectivity index (χ1) is 10.4. The first-order valence-corrected chi connectivity index (χ1v) is 7.76. The predicted molar refractivity (Wildman–Crippen MR) is 86.5 cm³/mol. The quantitative estimate of drug-likeness (QED) is 0.665. The van der Waals surface area contributed by atoms with Crippen LogP contribution in [0, 0.1) is 12.8 Å². The average Bonchev–Trinajstić information content (AvgIpc) is 2.43. The Balaban J connectivity index is 2.38. The number of imide groups is 1. The van der Waals surface area contributed by atoms with Crippen LogP contribution in [0.2, 0.25) is 0 Å². The van der Waals surface area contributed by atoms with E-state index >= 15 is 0 Å². The van der Waals surface area contributed by atoms with Gasteiger partial charge in [0.25, 0.3) is 0 Å². The maximum absolute atomic E-state index is 12.1. The summed E-state index contributed by atoms with van der Waals surface area (Å²) in [6.45, 7) is 5.63. The van der Waals surface area contributed by atoms with Gasteiger partial charge in [-0.05, 0) is 18.9 Å². The Morgan fingerprint density at radius 3 is 2.55 bits per heavy atom. The Morgan fingerprint density at radius 2 is 1.91 bits per heavy atom. The molecule has 0 fully saturated rings. The Labute approximate surface area is 132 Å². The van der Waals surface area contributed by atoms with Crippen molar-refractivity contribution in [3.63, 3.8) is 0 Å². The number of rotatable bonds is 4. The molecular weight excluding hydrogens is 300 g/mol. The molecule has 1 atom stereocenters. The van der Waals surface area contributed by atoms with Crippen LogP contribution in [-0.4, -0.2) is 27.2 Å². The molecule has 0 bridgehead atoms. The Hall–Kier alpha value is -2.15. The summed E-state index contributed by atoms with van der Waals surface area (Å²) >= 11 is 1.32. The minimum Gasteiger partial charge on any atom is -0.351 e. The van der Waals surface area contributed by atoms with Crippen molar-refractivity contribution in [1.82, 2.24) is 15.3 Å². The molecule has 0 spiro atoms. The summed E-state index contributed by atoms with van der Waals surface area (Å²) in [5.41, 5.74) is 5.86. The van der Waals surface area contributed by atoms with Crippen molar-refractivity contribution < 1.29 is 9.59 Å². The SMILES string of the molecule is Cc1nc(S[C@@H](C(=O)NC(N)=O)C(C)C)c2ccccc2n1. The number of amides is 3. The molecule has 1 aromatic carbocycles. The van der Waals surface area contributed by atoms with Crippen molar-refractivity contribution in [3.8, 4) is 0 Å². The number of thioether (sulfide) groups is 1. The van der Waals surface area contributed by atoms with Crippen molar-refractivity contribution in [2.24, 2.45) is 11.7 Å². The van der Waals surface area contributed by atoms with Crippen LogP contribution in [0.1, 0.15) is 19.7 Å². The Kier molecular flexibility index (Phi) is 4.97. The van der Waals surface area contributed by atoms with Crippen LogP contribution in [0.3, 0.4) is 0 Å². The molecule has 0 aliphatic heterocycles. The van der Waals surface area contributed by atoms with Gasteiger partial charge in [0.15, 0.2) is 0 Å². The summed E-state index contributed by atoms with van der Waals surface area (Å²) in [7, 11) is 0. The fourth-order valence-corrected chi connectivity index (χ4v) is 3.22. The van der Waals surface area contributed by atoms with E-state index in [2.05, 4.69) is 15.3 Å². The smallest absolute Gasteiger partial charge is 0.318 e. The fraction of sp³-hybridized carbons (Fsp3) is 0.333. The lowest BCUT2D eigenvalue weighted by Crippen LogP contribution is -2.42. The summed E-state index contributed by atoms with van der Waals surface area (Å²) in [4.78, 5) is 31.9. The van der Waals surface area contributed by atoms with Crippen molar-refractivity contribution in [3.05, 3.63) is 30.1 Å². The van der Waals surface area contributed by atoms with Crippen LogP contribution in [-0.2, 0) is 4.79 Å². The van der Waals surface area contributed by atoms with Gasteiger partial charge < -0.3 is 5.73 Å². The Bertz CT molecular complexity index is 718.